The minimum Gasteiger partial charge on any atom is -0.309 e. The van der Waals surface area contributed by atoms with Gasteiger partial charge in [-0.25, -0.2) is 0 Å². The first-order chi connectivity index (χ1) is 55.5. The third-order valence-electron chi connectivity index (χ3n) is 24.4. The summed E-state index contributed by atoms with van der Waals surface area (Å²) in [6.45, 7) is 0. The molecule has 0 amide bonds. The molecule has 0 N–H and O–H groups in total. The topological polar surface area (TPSA) is 40.6 Å². The van der Waals surface area contributed by atoms with E-state index < -0.39 is 0 Å². The van der Waals surface area contributed by atoms with Gasteiger partial charge in [-0.2, -0.15) is 0 Å². The molecule has 2 aliphatic carbocycles. The molecule has 0 fully saturated rings. The van der Waals surface area contributed by atoms with E-state index in [9.17, 15) is 0 Å². The van der Waals surface area contributed by atoms with Crippen molar-refractivity contribution >= 4 is 129 Å². The standard InChI is InChI=1S/C106H61N5S/c1-2-22-75(23-3-1)109-94-47-38-66(56-88(94)89-57-68(40-48-95(89)109)70-42-51-99-90(58-70)81-28-9-11-33-98(81)112-99)64-17-12-18-71(52-64)105-104-85-45-36-65(54-86(85)84-31-15-21-74(61-107-105)101(84)104)62-34-43-76(44-35-62)110-92-32-10-8-27-80(92)87-55-67(39-46-93(87)110)69-41-49-96-91(59-69)102-78-25-5-4-16-63(78)37-50-97(102)111(96)77-24-13-19-72(53-77)106-103-83-29-7-6-26-79(83)82-30-14-20-73(60-108-106)100(82)103/h1-61H. The van der Waals surface area contributed by atoms with Crippen molar-refractivity contribution in [3.63, 3.8) is 0 Å². The minimum atomic E-state index is 0.990. The fourth-order valence-electron chi connectivity index (χ4n) is 19.3. The van der Waals surface area contributed by atoms with Gasteiger partial charge in [0.15, 0.2) is 0 Å². The van der Waals surface area contributed by atoms with Crippen LogP contribution in [0.2, 0.25) is 0 Å². The molecule has 17 aromatic carbocycles. The summed E-state index contributed by atoms with van der Waals surface area (Å²) >= 11 is 1.86. The van der Waals surface area contributed by atoms with Crippen LogP contribution in [-0.4, -0.2) is 23.7 Å². The van der Waals surface area contributed by atoms with E-state index in [4.69, 9.17) is 9.97 Å². The van der Waals surface area contributed by atoms with Crippen molar-refractivity contribution in [2.24, 2.45) is 0 Å². The number of thiophene rings is 1. The van der Waals surface area contributed by atoms with Crippen LogP contribution < -0.4 is 0 Å². The van der Waals surface area contributed by atoms with Crippen molar-refractivity contribution in [3.8, 4) is 129 Å². The van der Waals surface area contributed by atoms with Crippen LogP contribution in [0.15, 0.2) is 370 Å². The first-order valence-corrected chi connectivity index (χ1v) is 39.3. The number of pyridine rings is 2. The average Bonchev–Trinajstić information content (AvgIpc) is 1.58. The molecule has 0 atom stereocenters. The molecule has 5 nitrogen and oxygen atoms in total. The lowest BCUT2D eigenvalue weighted by Gasteiger charge is -2.13. The smallest absolute Gasteiger partial charge is 0.0787 e. The van der Waals surface area contributed by atoms with Crippen LogP contribution in [0.3, 0.4) is 0 Å². The molecule has 25 rings (SSSR count). The van der Waals surface area contributed by atoms with Gasteiger partial charge >= 0.3 is 0 Å². The van der Waals surface area contributed by atoms with Gasteiger partial charge in [-0.05, 0) is 216 Å². The van der Waals surface area contributed by atoms with E-state index in [1.54, 1.807) is 0 Å². The van der Waals surface area contributed by atoms with Crippen molar-refractivity contribution in [1.82, 2.24) is 23.7 Å². The van der Waals surface area contributed by atoms with Crippen LogP contribution in [0, 0.1) is 0 Å². The molecule has 0 bridgehead atoms. The Balaban J connectivity index is 0.546. The highest BCUT2D eigenvalue weighted by Crippen LogP contribution is 2.54. The first-order valence-electron chi connectivity index (χ1n) is 38.5. The second-order valence-electron chi connectivity index (χ2n) is 30.3. The number of rotatable bonds is 9. The fourth-order valence-corrected chi connectivity index (χ4v) is 20.4. The van der Waals surface area contributed by atoms with Crippen LogP contribution in [-0.2, 0) is 0 Å². The summed E-state index contributed by atoms with van der Waals surface area (Å²) in [7, 11) is 0. The summed E-state index contributed by atoms with van der Waals surface area (Å²) in [5, 5.41) is 17.3. The lowest BCUT2D eigenvalue weighted by molar-refractivity contribution is 1.18. The quantitative estimate of drug-likeness (QED) is 0.144. The molecule has 6 heterocycles. The summed E-state index contributed by atoms with van der Waals surface area (Å²) in [5.41, 5.74) is 33.8. The number of para-hydroxylation sites is 2. The van der Waals surface area contributed by atoms with Crippen molar-refractivity contribution in [3.05, 3.63) is 370 Å². The molecular formula is C106H61N5S. The molecule has 0 radical (unpaired) electrons. The van der Waals surface area contributed by atoms with E-state index in [1.165, 1.54) is 174 Å². The maximum atomic E-state index is 5.35. The second-order valence-corrected chi connectivity index (χ2v) is 31.3. The zero-order valence-corrected chi connectivity index (χ0v) is 61.2. The number of fused-ring (bicyclic) bond motifs is 20. The van der Waals surface area contributed by atoms with Crippen LogP contribution in [0.4, 0.5) is 0 Å². The third-order valence-corrected chi connectivity index (χ3v) is 25.5. The zero-order valence-electron chi connectivity index (χ0n) is 60.4. The van der Waals surface area contributed by atoms with E-state index in [0.29, 0.717) is 0 Å². The molecule has 0 saturated carbocycles. The Labute approximate surface area is 647 Å². The highest BCUT2D eigenvalue weighted by atomic mass is 32.1. The van der Waals surface area contributed by atoms with Crippen molar-refractivity contribution < 1.29 is 0 Å². The van der Waals surface area contributed by atoms with Crippen molar-refractivity contribution in [1.29, 1.82) is 0 Å². The number of benzene rings is 17. The number of hydrogen-bond acceptors (Lipinski definition) is 3. The molecular weight excluding hydrogens is 1380 g/mol. The van der Waals surface area contributed by atoms with Gasteiger partial charge in [0.1, 0.15) is 0 Å². The van der Waals surface area contributed by atoms with Crippen LogP contribution in [0.25, 0.3) is 246 Å². The Morgan fingerprint density at radius 2 is 0.625 bits per heavy atom. The van der Waals surface area contributed by atoms with Crippen LogP contribution in [0.5, 0.6) is 0 Å². The molecule has 516 valence electrons. The Morgan fingerprint density at radius 1 is 0.196 bits per heavy atom. The molecule has 2 aliphatic rings. The summed E-state index contributed by atoms with van der Waals surface area (Å²) in [5.74, 6) is 0. The summed E-state index contributed by atoms with van der Waals surface area (Å²) in [6, 6.07) is 133. The van der Waals surface area contributed by atoms with E-state index >= 15 is 0 Å². The van der Waals surface area contributed by atoms with Gasteiger partial charge in [0.05, 0.1) is 44.5 Å². The Bertz CT molecular complexity index is 8060. The van der Waals surface area contributed by atoms with Crippen LogP contribution >= 0.6 is 11.3 Å². The molecule has 112 heavy (non-hydrogen) atoms. The zero-order chi connectivity index (χ0) is 73.0. The van der Waals surface area contributed by atoms with Gasteiger partial charge in [-0.15, -0.1) is 11.3 Å². The summed E-state index contributed by atoms with van der Waals surface area (Å²) < 4.78 is 9.94. The van der Waals surface area contributed by atoms with Crippen molar-refractivity contribution in [2.45, 2.75) is 0 Å². The fraction of sp³-hybridized carbons (Fsp3) is 0. The summed E-state index contributed by atoms with van der Waals surface area (Å²) in [4.78, 5) is 10.6. The predicted molar refractivity (Wildman–Crippen MR) is 472 cm³/mol. The normalized spacial score (nSPS) is 12.3. The predicted octanol–water partition coefficient (Wildman–Crippen LogP) is 28.9. The van der Waals surface area contributed by atoms with Gasteiger partial charge in [0, 0.05) is 126 Å². The van der Waals surface area contributed by atoms with Gasteiger partial charge in [0.25, 0.3) is 0 Å². The van der Waals surface area contributed by atoms with Crippen LogP contribution in [0.1, 0.15) is 0 Å². The molecule has 0 saturated heterocycles. The number of hydrogen-bond donors (Lipinski definition) is 0. The van der Waals surface area contributed by atoms with Crippen molar-refractivity contribution in [2.75, 3.05) is 0 Å². The Hall–Kier alpha value is -14.6. The lowest BCUT2D eigenvalue weighted by atomic mass is 9.94. The van der Waals surface area contributed by atoms with E-state index in [0.717, 1.165) is 72.6 Å². The SMILES string of the molecule is c1ccc(-n2c3ccc(-c4cccc(-c5ncc6cccc7c6c5-c5ccc(-c6ccc(-n8c9ccccc9c9cc(-c%10ccc%11c(c%10)c%10c%12ccccc%12ccc%10n%11-c%10cccc(-c%11ncc%12cccc%13c%12c%11-c%11ccccc%11-%13)c%10)ccc98)cc6)cc5-7)c4)cc3c3cc(-c4ccc5sc6ccccc6c5c4)ccc32)cc1. The lowest BCUT2D eigenvalue weighted by Crippen LogP contribution is -1.96. The third kappa shape index (κ3) is 8.95. The molecule has 6 aromatic heterocycles. The highest BCUT2D eigenvalue weighted by molar-refractivity contribution is 7.25. The van der Waals surface area contributed by atoms with E-state index in [-0.39, 0.29) is 0 Å². The highest BCUT2D eigenvalue weighted by Gasteiger charge is 2.29. The van der Waals surface area contributed by atoms with Gasteiger partial charge < -0.3 is 13.7 Å². The average molecular weight is 1440 g/mol. The second kappa shape index (κ2) is 23.5. The van der Waals surface area contributed by atoms with E-state index in [1.807, 2.05) is 11.3 Å². The number of aromatic nitrogens is 5. The van der Waals surface area contributed by atoms with Gasteiger partial charge in [0.2, 0.25) is 0 Å². The minimum absolute atomic E-state index is 0.990. The van der Waals surface area contributed by atoms with E-state index in [2.05, 4.69) is 384 Å². The largest absolute Gasteiger partial charge is 0.309 e. The van der Waals surface area contributed by atoms with Gasteiger partial charge in [-0.1, -0.05) is 231 Å². The summed E-state index contributed by atoms with van der Waals surface area (Å²) in [6.07, 6.45) is 4.12. The molecule has 0 unspecified atom stereocenters. The maximum absolute atomic E-state index is 5.35. The van der Waals surface area contributed by atoms with Gasteiger partial charge in [-0.3, -0.25) is 9.97 Å². The first kappa shape index (κ1) is 61.5. The Morgan fingerprint density at radius 3 is 1.33 bits per heavy atom. The Kier molecular flexibility index (Phi) is 12.9. The maximum Gasteiger partial charge on any atom is 0.0787 e. The molecule has 0 spiro atoms. The number of nitrogens with zero attached hydrogens (tertiary/aromatic N) is 5. The monoisotopic (exact) mass is 1440 g/mol. The molecule has 6 heteroatoms. The molecule has 0 aliphatic heterocycles. The molecule has 23 aromatic rings.